The monoisotopic (exact) mass is 998 g/mol. The van der Waals surface area contributed by atoms with Crippen molar-refractivity contribution in [3.05, 3.63) is 0 Å². The van der Waals surface area contributed by atoms with Crippen LogP contribution in [-0.4, -0.2) is 144 Å². The molecule has 27 heteroatoms. The molecule has 0 aromatic rings. The summed E-state index contributed by atoms with van der Waals surface area (Å²) in [6.45, 7) is 0. The van der Waals surface area contributed by atoms with Crippen molar-refractivity contribution in [3.63, 3.8) is 0 Å². The SMILES string of the molecule is OP(O)(O)=[Se].OP(O)(O)=[Se].OP(O)(O)=[Se].OP(O)(O)=[Se].[Cu+2].[I-].[O-]P(O)(O)=[Se]. The number of hydrogen-bond acceptors (Lipinski definition) is 15. The fraction of sp³-hybridized carbons (Fsp3) is 0. The van der Waals surface area contributed by atoms with E-state index in [0.717, 1.165) is 0 Å². The molecule has 15 nitrogen and oxygen atoms in total. The van der Waals surface area contributed by atoms with Gasteiger partial charge in [0.2, 0.25) is 0 Å². The second-order valence-corrected chi connectivity index (χ2v) is 23.0. The Hall–Kier alpha value is 5.40. The predicted molar refractivity (Wildman–Crippen MR) is 94.4 cm³/mol. The first-order valence-corrected chi connectivity index (χ1v) is 23.2. The van der Waals surface area contributed by atoms with E-state index in [1.54, 1.807) is 75.5 Å². The van der Waals surface area contributed by atoms with Crippen molar-refractivity contribution in [2.24, 2.45) is 0 Å². The molecule has 14 N–H and O–H groups in total. The summed E-state index contributed by atoms with van der Waals surface area (Å²) in [6.07, 6.45) is -17.8. The molecule has 0 amide bonds. The second-order valence-electron chi connectivity index (χ2n) is 2.54. The summed E-state index contributed by atoms with van der Waals surface area (Å²) in [4.78, 5) is 117. The molecule has 0 rings (SSSR count). The van der Waals surface area contributed by atoms with E-state index in [9.17, 15) is 4.89 Å². The van der Waals surface area contributed by atoms with Crippen LogP contribution >= 0.6 is 30.9 Å². The summed E-state index contributed by atoms with van der Waals surface area (Å²) in [6, 6.07) is 0. The zero-order valence-electron chi connectivity index (χ0n) is 11.6. The van der Waals surface area contributed by atoms with E-state index in [1.165, 1.54) is 0 Å². The van der Waals surface area contributed by atoms with Gasteiger partial charge in [0.25, 0.3) is 0 Å². The molecule has 0 aliphatic rings. The number of rotatable bonds is 0. The van der Waals surface area contributed by atoms with Crippen LogP contribution in [-0.2, 0) is 17.1 Å². The number of halogens is 1. The van der Waals surface area contributed by atoms with Gasteiger partial charge in [0, 0.05) is 0 Å². The van der Waals surface area contributed by atoms with Gasteiger partial charge in [-0.2, -0.15) is 0 Å². The van der Waals surface area contributed by atoms with Gasteiger partial charge in [0.15, 0.2) is 0 Å². The summed E-state index contributed by atoms with van der Waals surface area (Å²) in [5, 5.41) is 0. The Morgan fingerprint density at radius 2 is 0.407 bits per heavy atom. The average molecular weight is 994 g/mol. The van der Waals surface area contributed by atoms with Gasteiger partial charge in [-0.1, -0.05) is 0 Å². The molecule has 1 radical (unpaired) electrons. The minimum absolute atomic E-state index is 0. The van der Waals surface area contributed by atoms with Crippen LogP contribution in [0.3, 0.4) is 0 Å². The molecule has 0 aromatic heterocycles. The Morgan fingerprint density at radius 3 is 0.407 bits per heavy atom. The van der Waals surface area contributed by atoms with Gasteiger partial charge < -0.3 is 24.0 Å². The third-order valence-electron chi connectivity index (χ3n) is 0. The second kappa shape index (κ2) is 23.2. The molecule has 0 saturated carbocycles. The van der Waals surface area contributed by atoms with E-state index in [4.69, 9.17) is 68.5 Å². The molecule has 0 spiro atoms. The van der Waals surface area contributed by atoms with Crippen LogP contribution in [0.5, 0.6) is 0 Å². The van der Waals surface area contributed by atoms with Gasteiger partial charge in [-0.05, 0) is 0 Å². The van der Waals surface area contributed by atoms with E-state index in [-0.39, 0.29) is 41.0 Å². The van der Waals surface area contributed by atoms with Gasteiger partial charge in [0.1, 0.15) is 0 Å². The van der Waals surface area contributed by atoms with Crippen molar-refractivity contribution in [1.82, 2.24) is 0 Å². The summed E-state index contributed by atoms with van der Waals surface area (Å²) in [7, 11) is 0. The molecule has 27 heavy (non-hydrogen) atoms. The van der Waals surface area contributed by atoms with Crippen molar-refractivity contribution < 1.29 is 114 Å². The topological polar surface area (TPSA) is 306 Å². The van der Waals surface area contributed by atoms with Crippen molar-refractivity contribution in [3.8, 4) is 0 Å². The fourth-order valence-corrected chi connectivity index (χ4v) is 0. The molecule has 0 unspecified atom stereocenters. The van der Waals surface area contributed by atoms with Crippen molar-refractivity contribution >= 4 is 106 Å². The molecule has 0 aliphatic heterocycles. The van der Waals surface area contributed by atoms with E-state index < -0.39 is 30.9 Å². The van der Waals surface area contributed by atoms with Crippen molar-refractivity contribution in [2.45, 2.75) is 0 Å². The van der Waals surface area contributed by atoms with Gasteiger partial charge >= 0.3 is 197 Å². The summed E-state index contributed by atoms with van der Waals surface area (Å²) in [5.41, 5.74) is 0. The molecule has 0 heterocycles. The Bertz CT molecular complexity index is 394. The Kier molecular flexibility index (Phi) is 42.5. The molecular weight excluding hydrogens is 980 g/mol. The Morgan fingerprint density at radius 1 is 0.407 bits per heavy atom. The fourth-order valence-electron chi connectivity index (χ4n) is 0. The molecule has 0 aliphatic carbocycles. The first-order chi connectivity index (χ1) is 10.0. The summed E-state index contributed by atoms with van der Waals surface area (Å²) in [5.74, 6) is 0. The van der Waals surface area contributed by atoms with Crippen LogP contribution in [0, 0.1) is 0 Å². The number of hydrogen-bond donors (Lipinski definition) is 14. The average Bonchev–Trinajstić information content (AvgIpc) is 1.79. The minimum atomic E-state index is -3.76. The van der Waals surface area contributed by atoms with E-state index >= 15 is 0 Å². The van der Waals surface area contributed by atoms with Crippen LogP contribution in [0.25, 0.3) is 0 Å². The molecule has 0 atom stereocenters. The van der Waals surface area contributed by atoms with Crippen LogP contribution in [0.1, 0.15) is 0 Å². The summed E-state index contributed by atoms with van der Waals surface area (Å²) < 4.78 is 0. The van der Waals surface area contributed by atoms with Crippen LogP contribution in [0.4, 0.5) is 0 Å². The van der Waals surface area contributed by atoms with E-state index in [1.807, 2.05) is 0 Å². The zero-order chi connectivity index (χ0) is 22.5. The van der Waals surface area contributed by atoms with Crippen LogP contribution in [0.15, 0.2) is 0 Å². The molecule has 0 saturated heterocycles. The maximum atomic E-state index is 9.27. The maximum absolute atomic E-state index is 9.27. The standard InChI is InChI=1S/Cu.HI.5H3O3PSe/c;;5*1-4(2,3)5/h;1H;5*(H3,1,2,3,5)/q+2;;;;;;/p-2. The Balaban J connectivity index is -0.0000000364. The van der Waals surface area contributed by atoms with Gasteiger partial charge in [-0.15, -0.1) is 0 Å². The molecular formula is H14CuIO15P5Se5. The van der Waals surface area contributed by atoms with E-state index in [0.29, 0.717) is 0 Å². The summed E-state index contributed by atoms with van der Waals surface area (Å²) >= 11 is 8.67. The third kappa shape index (κ3) is 932. The quantitative estimate of drug-likeness (QED) is 0.0610. The van der Waals surface area contributed by atoms with Crippen LogP contribution in [0.2, 0.25) is 0 Å². The third-order valence-corrected chi connectivity index (χ3v) is 0. The zero-order valence-corrected chi connectivity index (χ0v) is 27.8. The van der Waals surface area contributed by atoms with Gasteiger partial charge in [-0.3, -0.25) is 0 Å². The van der Waals surface area contributed by atoms with Gasteiger partial charge in [-0.25, -0.2) is 0 Å². The molecule has 0 bridgehead atoms. The molecule has 0 fully saturated rings. The molecule has 0 aromatic carbocycles. The normalized spacial score (nSPS) is 10.9. The first-order valence-electron chi connectivity index (χ1n) is 3.90. The van der Waals surface area contributed by atoms with Crippen LogP contribution < -0.4 is 28.9 Å². The van der Waals surface area contributed by atoms with Gasteiger partial charge in [0.05, 0.1) is 0 Å². The van der Waals surface area contributed by atoms with Crippen molar-refractivity contribution in [2.75, 3.05) is 0 Å². The van der Waals surface area contributed by atoms with E-state index in [2.05, 4.69) is 0 Å². The molecule has 177 valence electrons. The Labute approximate surface area is 218 Å². The first kappa shape index (κ1) is 49.5. The predicted octanol–water partition coefficient (Wildman–Crippen LogP) is -9.58. The van der Waals surface area contributed by atoms with Crippen molar-refractivity contribution in [1.29, 1.82) is 0 Å².